The molecule has 2 rings (SSSR count). The van der Waals surface area contributed by atoms with Crippen LogP contribution in [0, 0.1) is 0 Å². The smallest absolute Gasteiger partial charge is 0.355 e. The van der Waals surface area contributed by atoms with Crippen LogP contribution in [0.1, 0.15) is 12.0 Å². The van der Waals surface area contributed by atoms with Crippen molar-refractivity contribution in [2.45, 2.75) is 6.17 Å². The van der Waals surface area contributed by atoms with Crippen molar-refractivity contribution in [3.05, 3.63) is 24.3 Å². The standard InChI is InChI=1S/C8H6N4O2/c13-8(14)5-4-11-7(12-5)6-9-2-1-3-10-6/h1-4,7H,(H,13,14)/t7-/m1/s1. The predicted molar refractivity (Wildman–Crippen MR) is 48.3 cm³/mol. The topological polar surface area (TPSA) is 87.8 Å². The highest BCUT2D eigenvalue weighted by atomic mass is 16.4. The molecular weight excluding hydrogens is 184 g/mol. The lowest BCUT2D eigenvalue weighted by atomic mass is 10.4. The number of carboxylic acid groups (broad SMARTS) is 1. The fourth-order valence-electron chi connectivity index (χ4n) is 1.02. The van der Waals surface area contributed by atoms with E-state index in [4.69, 9.17) is 5.11 Å². The Morgan fingerprint density at radius 3 is 2.64 bits per heavy atom. The van der Waals surface area contributed by atoms with Crippen LogP contribution >= 0.6 is 0 Å². The van der Waals surface area contributed by atoms with E-state index in [9.17, 15) is 4.79 Å². The first-order valence-corrected chi connectivity index (χ1v) is 3.88. The van der Waals surface area contributed by atoms with Gasteiger partial charge in [0.05, 0.1) is 6.21 Å². The Bertz CT molecular complexity index is 413. The molecule has 1 atom stereocenters. The molecule has 0 saturated carbocycles. The fraction of sp³-hybridized carbons (Fsp3) is 0.125. The molecule has 6 heteroatoms. The average Bonchev–Trinajstić information content (AvgIpc) is 2.68. The van der Waals surface area contributed by atoms with E-state index in [2.05, 4.69) is 20.0 Å². The maximum absolute atomic E-state index is 10.5. The Kier molecular flexibility index (Phi) is 2.02. The Morgan fingerprint density at radius 1 is 1.36 bits per heavy atom. The van der Waals surface area contributed by atoms with Crippen LogP contribution in [0.15, 0.2) is 28.4 Å². The second kappa shape index (κ2) is 3.33. The van der Waals surface area contributed by atoms with Gasteiger partial charge in [-0.2, -0.15) is 0 Å². The van der Waals surface area contributed by atoms with Gasteiger partial charge in [0.2, 0.25) is 0 Å². The molecule has 6 nitrogen and oxygen atoms in total. The Hall–Kier alpha value is -2.11. The first-order chi connectivity index (χ1) is 6.77. The molecule has 0 amide bonds. The van der Waals surface area contributed by atoms with Crippen molar-refractivity contribution in [2.75, 3.05) is 0 Å². The molecule has 1 aromatic rings. The van der Waals surface area contributed by atoms with Crippen molar-refractivity contribution in [1.29, 1.82) is 0 Å². The fourth-order valence-corrected chi connectivity index (χ4v) is 1.02. The van der Waals surface area contributed by atoms with Crippen LogP contribution in [-0.2, 0) is 4.79 Å². The molecule has 1 aromatic heterocycles. The van der Waals surface area contributed by atoms with Gasteiger partial charge >= 0.3 is 5.97 Å². The number of carbonyl (C=O) groups is 1. The Balaban J connectivity index is 2.26. The normalized spacial score (nSPS) is 19.4. The van der Waals surface area contributed by atoms with Crippen LogP contribution in [-0.4, -0.2) is 33.0 Å². The maximum Gasteiger partial charge on any atom is 0.355 e. The monoisotopic (exact) mass is 190 g/mol. The molecule has 0 unspecified atom stereocenters. The highest BCUT2D eigenvalue weighted by Crippen LogP contribution is 2.17. The van der Waals surface area contributed by atoms with E-state index >= 15 is 0 Å². The summed E-state index contributed by atoms with van der Waals surface area (Å²) < 4.78 is 0. The van der Waals surface area contributed by atoms with Gasteiger partial charge in [-0.1, -0.05) is 0 Å². The molecule has 0 aliphatic carbocycles. The second-order valence-corrected chi connectivity index (χ2v) is 2.58. The van der Waals surface area contributed by atoms with Crippen LogP contribution in [0.3, 0.4) is 0 Å². The lowest BCUT2D eigenvalue weighted by Crippen LogP contribution is -2.11. The molecule has 14 heavy (non-hydrogen) atoms. The summed E-state index contributed by atoms with van der Waals surface area (Å²) in [7, 11) is 0. The summed E-state index contributed by atoms with van der Waals surface area (Å²) in [4.78, 5) is 26.1. The molecule has 0 spiro atoms. The molecule has 0 saturated heterocycles. The minimum Gasteiger partial charge on any atom is -0.476 e. The number of carboxylic acids is 1. The highest BCUT2D eigenvalue weighted by molar-refractivity contribution is 6.59. The van der Waals surface area contributed by atoms with Gasteiger partial charge in [-0.3, -0.25) is 4.99 Å². The van der Waals surface area contributed by atoms with Gasteiger partial charge in [0.25, 0.3) is 0 Å². The van der Waals surface area contributed by atoms with Gasteiger partial charge in [-0.25, -0.2) is 19.8 Å². The minimum atomic E-state index is -1.09. The van der Waals surface area contributed by atoms with E-state index in [1.807, 2.05) is 0 Å². The summed E-state index contributed by atoms with van der Waals surface area (Å²) in [6.07, 6.45) is 3.73. The number of nitrogens with zero attached hydrogens (tertiary/aromatic N) is 4. The first kappa shape index (κ1) is 8.49. The number of aliphatic carboxylic acids is 1. The third-order valence-electron chi connectivity index (χ3n) is 1.64. The lowest BCUT2D eigenvalue weighted by molar-refractivity contribution is -0.129. The minimum absolute atomic E-state index is 0.0672. The molecule has 0 aromatic carbocycles. The van der Waals surface area contributed by atoms with E-state index < -0.39 is 12.1 Å². The van der Waals surface area contributed by atoms with Crippen molar-refractivity contribution >= 4 is 17.9 Å². The van der Waals surface area contributed by atoms with E-state index in [1.165, 1.54) is 6.21 Å². The van der Waals surface area contributed by atoms with Crippen molar-refractivity contribution < 1.29 is 9.90 Å². The molecule has 0 bridgehead atoms. The molecule has 1 N–H and O–H groups in total. The summed E-state index contributed by atoms with van der Waals surface area (Å²) in [5, 5.41) is 8.62. The van der Waals surface area contributed by atoms with Gasteiger partial charge in [0, 0.05) is 12.4 Å². The zero-order valence-electron chi connectivity index (χ0n) is 7.03. The van der Waals surface area contributed by atoms with Crippen LogP contribution < -0.4 is 0 Å². The van der Waals surface area contributed by atoms with Crippen LogP contribution in [0.25, 0.3) is 0 Å². The third kappa shape index (κ3) is 1.49. The van der Waals surface area contributed by atoms with Gasteiger partial charge in [-0.15, -0.1) is 0 Å². The van der Waals surface area contributed by atoms with Crippen molar-refractivity contribution in [2.24, 2.45) is 9.98 Å². The second-order valence-electron chi connectivity index (χ2n) is 2.58. The zero-order valence-corrected chi connectivity index (χ0v) is 7.03. The predicted octanol–water partition coefficient (Wildman–Crippen LogP) is 0.0852. The first-order valence-electron chi connectivity index (χ1n) is 3.88. The molecular formula is C8H6N4O2. The SMILES string of the molecule is O=C(O)C1=N[C@H](c2ncccn2)N=C1. The van der Waals surface area contributed by atoms with Gasteiger partial charge in [0.1, 0.15) is 0 Å². The van der Waals surface area contributed by atoms with E-state index in [1.54, 1.807) is 18.5 Å². The number of aromatic nitrogens is 2. The maximum atomic E-state index is 10.5. The summed E-state index contributed by atoms with van der Waals surface area (Å²) in [6.45, 7) is 0. The summed E-state index contributed by atoms with van der Waals surface area (Å²) >= 11 is 0. The van der Waals surface area contributed by atoms with Crippen molar-refractivity contribution in [3.8, 4) is 0 Å². The summed E-state index contributed by atoms with van der Waals surface area (Å²) in [5.74, 6) is -0.688. The van der Waals surface area contributed by atoms with Crippen LogP contribution in [0.5, 0.6) is 0 Å². The molecule has 1 aliphatic rings. The molecule has 1 aliphatic heterocycles. The number of rotatable bonds is 2. The zero-order chi connectivity index (χ0) is 9.97. The number of hydrogen-bond acceptors (Lipinski definition) is 5. The third-order valence-corrected chi connectivity index (χ3v) is 1.64. The Morgan fingerprint density at radius 2 is 2.07 bits per heavy atom. The van der Waals surface area contributed by atoms with E-state index in [0.29, 0.717) is 5.82 Å². The number of aliphatic imine (C=N–C) groups is 2. The van der Waals surface area contributed by atoms with Crippen molar-refractivity contribution in [1.82, 2.24) is 9.97 Å². The lowest BCUT2D eigenvalue weighted by Gasteiger charge is -1.99. The Labute approximate surface area is 79.1 Å². The average molecular weight is 190 g/mol. The van der Waals surface area contributed by atoms with Gasteiger partial charge < -0.3 is 5.11 Å². The molecule has 2 heterocycles. The molecule has 0 radical (unpaired) electrons. The number of hydrogen-bond donors (Lipinski definition) is 1. The van der Waals surface area contributed by atoms with Crippen molar-refractivity contribution in [3.63, 3.8) is 0 Å². The van der Waals surface area contributed by atoms with E-state index in [-0.39, 0.29) is 5.71 Å². The van der Waals surface area contributed by atoms with Gasteiger partial charge in [-0.05, 0) is 6.07 Å². The van der Waals surface area contributed by atoms with Crippen LogP contribution in [0.2, 0.25) is 0 Å². The van der Waals surface area contributed by atoms with Crippen LogP contribution in [0.4, 0.5) is 0 Å². The highest BCUT2D eigenvalue weighted by Gasteiger charge is 2.20. The van der Waals surface area contributed by atoms with E-state index in [0.717, 1.165) is 0 Å². The summed E-state index contributed by atoms with van der Waals surface area (Å²) in [6, 6.07) is 1.67. The largest absolute Gasteiger partial charge is 0.476 e. The molecule has 70 valence electrons. The summed E-state index contributed by atoms with van der Waals surface area (Å²) in [5.41, 5.74) is -0.0672. The quantitative estimate of drug-likeness (QED) is 0.715. The van der Waals surface area contributed by atoms with Gasteiger partial charge in [0.15, 0.2) is 17.7 Å². The molecule has 0 fully saturated rings.